The van der Waals surface area contributed by atoms with Gasteiger partial charge in [0.15, 0.2) is 0 Å². The minimum atomic E-state index is -0.374. The number of rotatable bonds is 2. The number of piperazine rings is 1. The maximum absolute atomic E-state index is 10.9. The van der Waals surface area contributed by atoms with Gasteiger partial charge in [-0.2, -0.15) is 5.10 Å². The number of anilines is 1. The Morgan fingerprint density at radius 1 is 1.31 bits per heavy atom. The average molecular weight is 225 g/mol. The fraction of sp³-hybridized carbons (Fsp3) is 0.667. The molecular weight excluding hydrogens is 210 g/mol. The Bertz CT molecular complexity index is 395. The van der Waals surface area contributed by atoms with Crippen LogP contribution in [-0.4, -0.2) is 52.8 Å². The van der Waals surface area contributed by atoms with Crippen molar-refractivity contribution < 1.29 is 4.92 Å². The fourth-order valence-electron chi connectivity index (χ4n) is 1.93. The van der Waals surface area contributed by atoms with Crippen LogP contribution in [0.1, 0.15) is 0 Å². The molecule has 1 saturated heterocycles. The Balaban J connectivity index is 2.25. The molecule has 0 aliphatic carbocycles. The lowest BCUT2D eigenvalue weighted by atomic mass is 10.3. The number of hydrogen-bond acceptors (Lipinski definition) is 5. The number of hydrogen-bond donors (Lipinski definition) is 0. The van der Waals surface area contributed by atoms with Gasteiger partial charge < -0.3 is 9.80 Å². The van der Waals surface area contributed by atoms with Crippen LogP contribution in [0.5, 0.6) is 0 Å². The van der Waals surface area contributed by atoms with Gasteiger partial charge in [-0.05, 0) is 7.05 Å². The molecule has 0 amide bonds. The van der Waals surface area contributed by atoms with Crippen LogP contribution in [0.15, 0.2) is 6.20 Å². The van der Waals surface area contributed by atoms with E-state index in [1.807, 2.05) is 4.90 Å². The van der Waals surface area contributed by atoms with Gasteiger partial charge in [-0.15, -0.1) is 0 Å². The van der Waals surface area contributed by atoms with Crippen LogP contribution < -0.4 is 4.90 Å². The normalized spacial score (nSPS) is 17.8. The van der Waals surface area contributed by atoms with Crippen molar-refractivity contribution in [3.05, 3.63) is 16.3 Å². The van der Waals surface area contributed by atoms with Crippen molar-refractivity contribution in [3.63, 3.8) is 0 Å². The highest BCUT2D eigenvalue weighted by molar-refractivity contribution is 5.57. The predicted octanol–water partition coefficient (Wildman–Crippen LogP) is 0.0801. The number of nitrogens with zero attached hydrogens (tertiary/aromatic N) is 5. The standard InChI is InChI=1S/C9H15N5O2/c1-11-3-5-13(6-4-11)9-8(14(15)16)7-10-12(9)2/h7H,3-6H2,1-2H3. The largest absolute Gasteiger partial charge is 0.349 e. The molecule has 7 nitrogen and oxygen atoms in total. The maximum atomic E-state index is 10.9. The zero-order chi connectivity index (χ0) is 11.7. The van der Waals surface area contributed by atoms with Gasteiger partial charge in [0.2, 0.25) is 5.82 Å². The average Bonchev–Trinajstić information content (AvgIpc) is 2.62. The summed E-state index contributed by atoms with van der Waals surface area (Å²) in [6.45, 7) is 3.44. The van der Waals surface area contributed by atoms with Crippen molar-refractivity contribution in [1.82, 2.24) is 14.7 Å². The van der Waals surface area contributed by atoms with Crippen LogP contribution >= 0.6 is 0 Å². The van der Waals surface area contributed by atoms with Gasteiger partial charge in [0, 0.05) is 33.2 Å². The van der Waals surface area contributed by atoms with E-state index in [1.165, 1.54) is 6.20 Å². The summed E-state index contributed by atoms with van der Waals surface area (Å²) in [5.41, 5.74) is 0.0899. The van der Waals surface area contributed by atoms with E-state index in [-0.39, 0.29) is 10.6 Å². The van der Waals surface area contributed by atoms with E-state index in [4.69, 9.17) is 0 Å². The molecule has 0 unspecified atom stereocenters. The molecule has 1 aliphatic heterocycles. The third kappa shape index (κ3) is 1.85. The van der Waals surface area contributed by atoms with Gasteiger partial charge in [-0.1, -0.05) is 0 Å². The summed E-state index contributed by atoms with van der Waals surface area (Å²) in [5.74, 6) is 0.609. The molecule has 0 radical (unpaired) electrons. The molecule has 88 valence electrons. The first kappa shape index (κ1) is 10.9. The number of likely N-dealkylation sites (N-methyl/N-ethyl adjacent to an activating group) is 1. The first-order valence-corrected chi connectivity index (χ1v) is 5.19. The minimum absolute atomic E-state index is 0.0899. The molecule has 0 bridgehead atoms. The van der Waals surface area contributed by atoms with E-state index in [1.54, 1.807) is 11.7 Å². The zero-order valence-electron chi connectivity index (χ0n) is 9.46. The second-order valence-electron chi connectivity index (χ2n) is 4.02. The number of aromatic nitrogens is 2. The molecule has 1 aromatic heterocycles. The van der Waals surface area contributed by atoms with E-state index in [9.17, 15) is 10.1 Å². The fourth-order valence-corrected chi connectivity index (χ4v) is 1.93. The summed E-state index contributed by atoms with van der Waals surface area (Å²) in [4.78, 5) is 14.7. The molecule has 7 heteroatoms. The highest BCUT2D eigenvalue weighted by Gasteiger charge is 2.26. The molecule has 1 fully saturated rings. The molecule has 2 heterocycles. The molecule has 16 heavy (non-hydrogen) atoms. The Hall–Kier alpha value is -1.63. The second kappa shape index (κ2) is 4.09. The molecule has 1 aromatic rings. The van der Waals surface area contributed by atoms with Crippen LogP contribution in [0.2, 0.25) is 0 Å². The second-order valence-corrected chi connectivity index (χ2v) is 4.02. The maximum Gasteiger partial charge on any atom is 0.331 e. The summed E-state index contributed by atoms with van der Waals surface area (Å²) in [5, 5.41) is 14.8. The van der Waals surface area contributed by atoms with Gasteiger partial charge in [-0.25, -0.2) is 4.68 Å². The Morgan fingerprint density at radius 2 is 1.94 bits per heavy atom. The summed E-state index contributed by atoms with van der Waals surface area (Å²) in [6.07, 6.45) is 1.31. The van der Waals surface area contributed by atoms with Crippen LogP contribution in [0.4, 0.5) is 11.5 Å². The highest BCUT2D eigenvalue weighted by atomic mass is 16.6. The summed E-state index contributed by atoms with van der Waals surface area (Å²) >= 11 is 0. The van der Waals surface area contributed by atoms with Gasteiger partial charge in [0.05, 0.1) is 4.92 Å². The van der Waals surface area contributed by atoms with E-state index in [0.29, 0.717) is 5.82 Å². The molecule has 0 aromatic carbocycles. The van der Waals surface area contributed by atoms with Gasteiger partial charge in [0.25, 0.3) is 0 Å². The lowest BCUT2D eigenvalue weighted by Crippen LogP contribution is -2.45. The van der Waals surface area contributed by atoms with Crippen molar-refractivity contribution in [2.24, 2.45) is 7.05 Å². The number of nitro groups is 1. The van der Waals surface area contributed by atoms with Crippen molar-refractivity contribution in [2.45, 2.75) is 0 Å². The number of aryl methyl sites for hydroxylation is 1. The first-order chi connectivity index (χ1) is 7.59. The van der Waals surface area contributed by atoms with Crippen LogP contribution in [0, 0.1) is 10.1 Å². The zero-order valence-corrected chi connectivity index (χ0v) is 9.46. The van der Waals surface area contributed by atoms with Crippen LogP contribution in [-0.2, 0) is 7.05 Å². The molecule has 0 atom stereocenters. The smallest absolute Gasteiger partial charge is 0.331 e. The summed E-state index contributed by atoms with van der Waals surface area (Å²) in [7, 11) is 3.79. The Morgan fingerprint density at radius 3 is 2.50 bits per heavy atom. The molecule has 0 saturated carbocycles. The Labute approximate surface area is 93.4 Å². The van der Waals surface area contributed by atoms with E-state index in [0.717, 1.165) is 26.2 Å². The van der Waals surface area contributed by atoms with Crippen LogP contribution in [0.3, 0.4) is 0 Å². The lowest BCUT2D eigenvalue weighted by molar-refractivity contribution is -0.384. The quantitative estimate of drug-likeness (QED) is 0.526. The minimum Gasteiger partial charge on any atom is -0.349 e. The van der Waals surface area contributed by atoms with Gasteiger partial charge >= 0.3 is 5.69 Å². The summed E-state index contributed by atoms with van der Waals surface area (Å²) < 4.78 is 1.57. The van der Waals surface area contributed by atoms with Crippen molar-refractivity contribution in [3.8, 4) is 0 Å². The van der Waals surface area contributed by atoms with Crippen molar-refractivity contribution in [1.29, 1.82) is 0 Å². The van der Waals surface area contributed by atoms with E-state index in [2.05, 4.69) is 17.0 Å². The highest BCUT2D eigenvalue weighted by Crippen LogP contribution is 2.27. The SMILES string of the molecule is CN1CCN(c2c([N+](=O)[O-])cnn2C)CC1. The van der Waals surface area contributed by atoms with E-state index >= 15 is 0 Å². The third-order valence-electron chi connectivity index (χ3n) is 2.89. The van der Waals surface area contributed by atoms with Crippen molar-refractivity contribution in [2.75, 3.05) is 38.1 Å². The van der Waals surface area contributed by atoms with Gasteiger partial charge in [0.1, 0.15) is 6.20 Å². The van der Waals surface area contributed by atoms with E-state index < -0.39 is 0 Å². The Kier molecular flexibility index (Phi) is 2.78. The molecular formula is C9H15N5O2. The first-order valence-electron chi connectivity index (χ1n) is 5.19. The lowest BCUT2D eigenvalue weighted by Gasteiger charge is -2.33. The topological polar surface area (TPSA) is 67.4 Å². The predicted molar refractivity (Wildman–Crippen MR) is 59.6 cm³/mol. The molecule has 2 rings (SSSR count). The van der Waals surface area contributed by atoms with Crippen molar-refractivity contribution >= 4 is 11.5 Å². The third-order valence-corrected chi connectivity index (χ3v) is 2.89. The molecule has 0 spiro atoms. The molecule has 1 aliphatic rings. The van der Waals surface area contributed by atoms with Gasteiger partial charge in [-0.3, -0.25) is 10.1 Å². The molecule has 0 N–H and O–H groups in total. The van der Waals surface area contributed by atoms with Crippen LogP contribution in [0.25, 0.3) is 0 Å². The monoisotopic (exact) mass is 225 g/mol. The summed E-state index contributed by atoms with van der Waals surface area (Å²) in [6, 6.07) is 0.